The molecule has 0 aromatic carbocycles. The van der Waals surface area contributed by atoms with Crippen LogP contribution in [0.2, 0.25) is 22.2 Å². The lowest BCUT2D eigenvalue weighted by molar-refractivity contribution is 0.00228. The lowest BCUT2D eigenvalue weighted by Gasteiger charge is -2.48. The Balaban J connectivity index is 2.45. The minimum atomic E-state index is -2.52. The van der Waals surface area contributed by atoms with Gasteiger partial charge in [0.25, 0.3) is 0 Å². The van der Waals surface area contributed by atoms with Gasteiger partial charge in [0.05, 0.1) is 18.3 Å². The number of rotatable bonds is 6. The highest BCUT2D eigenvalue weighted by molar-refractivity contribution is 6.83. The second-order valence-electron chi connectivity index (χ2n) is 9.51. The van der Waals surface area contributed by atoms with E-state index in [1.165, 1.54) is 0 Å². The summed E-state index contributed by atoms with van der Waals surface area (Å²) in [4.78, 5) is 0. The normalized spacial score (nSPS) is 31.0. The van der Waals surface area contributed by atoms with Crippen LogP contribution < -0.4 is 0 Å². The zero-order chi connectivity index (χ0) is 20.4. The summed E-state index contributed by atoms with van der Waals surface area (Å²) in [6, 6.07) is 0. The maximum absolute atomic E-state index is 7.25. The standard InChI is InChI=1S/C21H42O4Si2/c1-10-11-19-14-21-20(23-19)12-13-22-26(15(2)3,16(4)5)25-27(24-21,17(6)7)18(8)9/h10,15-21H,1,11-14H2,2-9H3/t19-,20+,21-/m0/s1. The number of ether oxygens (including phenoxy) is 1. The SMILES string of the molecule is C=CC[C@H]1C[C@@H]2O[Si](C(C)C)(C(C)C)O[Si](C(C)C)(C(C)C)OCC[C@H]2O1. The van der Waals surface area contributed by atoms with Crippen molar-refractivity contribution in [3.8, 4) is 0 Å². The summed E-state index contributed by atoms with van der Waals surface area (Å²) in [6.07, 6.45) is 5.08. The van der Waals surface area contributed by atoms with Gasteiger partial charge >= 0.3 is 17.1 Å². The average Bonchev–Trinajstić information content (AvgIpc) is 2.95. The van der Waals surface area contributed by atoms with E-state index in [0.29, 0.717) is 28.8 Å². The maximum atomic E-state index is 7.25. The van der Waals surface area contributed by atoms with Crippen LogP contribution in [-0.4, -0.2) is 42.0 Å². The third kappa shape index (κ3) is 4.61. The molecule has 0 saturated carbocycles. The van der Waals surface area contributed by atoms with E-state index in [0.717, 1.165) is 19.3 Å². The topological polar surface area (TPSA) is 36.9 Å². The summed E-state index contributed by atoms with van der Waals surface area (Å²) in [7, 11) is -4.95. The Kier molecular flexibility index (Phi) is 7.96. The Bertz CT molecular complexity index is 477. The summed E-state index contributed by atoms with van der Waals surface area (Å²) >= 11 is 0. The highest BCUT2D eigenvalue weighted by Gasteiger charge is 2.58. The first-order valence-electron chi connectivity index (χ1n) is 10.9. The van der Waals surface area contributed by atoms with Crippen molar-refractivity contribution < 1.29 is 17.7 Å². The van der Waals surface area contributed by atoms with Crippen molar-refractivity contribution in [2.24, 2.45) is 0 Å². The van der Waals surface area contributed by atoms with Crippen LogP contribution >= 0.6 is 0 Å². The van der Waals surface area contributed by atoms with Gasteiger partial charge in [0.15, 0.2) is 0 Å². The van der Waals surface area contributed by atoms with Crippen LogP contribution in [0.5, 0.6) is 0 Å². The van der Waals surface area contributed by atoms with E-state index in [2.05, 4.69) is 62.0 Å². The van der Waals surface area contributed by atoms with Crippen LogP contribution in [0.1, 0.15) is 74.7 Å². The van der Waals surface area contributed by atoms with Gasteiger partial charge in [-0.2, -0.15) is 0 Å². The predicted molar refractivity (Wildman–Crippen MR) is 117 cm³/mol. The van der Waals surface area contributed by atoms with Crippen molar-refractivity contribution in [2.45, 2.75) is 115 Å². The second-order valence-corrected chi connectivity index (χ2v) is 18.4. The lowest BCUT2D eigenvalue weighted by atomic mass is 10.1. The van der Waals surface area contributed by atoms with Gasteiger partial charge in [-0.3, -0.25) is 0 Å². The van der Waals surface area contributed by atoms with E-state index >= 15 is 0 Å². The molecule has 2 aliphatic rings. The molecule has 4 nitrogen and oxygen atoms in total. The maximum Gasteiger partial charge on any atom is 0.335 e. The number of fused-ring (bicyclic) bond motifs is 1. The van der Waals surface area contributed by atoms with Crippen molar-refractivity contribution in [1.82, 2.24) is 0 Å². The molecule has 0 N–H and O–H groups in total. The molecular weight excluding hydrogens is 372 g/mol. The zero-order valence-electron chi connectivity index (χ0n) is 18.8. The van der Waals surface area contributed by atoms with Gasteiger partial charge in [0, 0.05) is 13.0 Å². The Labute approximate surface area is 169 Å². The zero-order valence-corrected chi connectivity index (χ0v) is 20.8. The van der Waals surface area contributed by atoms with E-state index in [4.69, 9.17) is 17.7 Å². The fourth-order valence-corrected chi connectivity index (χ4v) is 16.0. The van der Waals surface area contributed by atoms with Crippen molar-refractivity contribution in [3.05, 3.63) is 12.7 Å². The van der Waals surface area contributed by atoms with Crippen LogP contribution in [0.15, 0.2) is 12.7 Å². The summed E-state index contributed by atoms with van der Waals surface area (Å²) in [5.74, 6) is 0. The van der Waals surface area contributed by atoms with Crippen LogP contribution in [0.4, 0.5) is 0 Å². The van der Waals surface area contributed by atoms with Gasteiger partial charge in [-0.25, -0.2) is 0 Å². The predicted octanol–water partition coefficient (Wildman–Crippen LogP) is 6.07. The van der Waals surface area contributed by atoms with Gasteiger partial charge in [0.2, 0.25) is 0 Å². The Hall–Kier alpha value is 0.0138. The molecule has 0 bridgehead atoms. The molecule has 6 heteroatoms. The second kappa shape index (κ2) is 9.22. The minimum Gasteiger partial charge on any atom is -0.414 e. The molecule has 2 rings (SSSR count). The average molecular weight is 415 g/mol. The van der Waals surface area contributed by atoms with Gasteiger partial charge in [-0.15, -0.1) is 6.58 Å². The molecule has 0 aromatic rings. The lowest BCUT2D eigenvalue weighted by Crippen LogP contribution is -2.61. The van der Waals surface area contributed by atoms with Gasteiger partial charge in [-0.05, 0) is 35.0 Å². The van der Waals surface area contributed by atoms with Crippen molar-refractivity contribution in [1.29, 1.82) is 0 Å². The fraction of sp³-hybridized carbons (Fsp3) is 0.905. The quantitative estimate of drug-likeness (QED) is 0.390. The molecule has 158 valence electrons. The highest BCUT2D eigenvalue weighted by atomic mass is 28.5. The fourth-order valence-electron chi connectivity index (χ4n) is 4.80. The molecule has 0 unspecified atom stereocenters. The molecule has 2 saturated heterocycles. The third-order valence-corrected chi connectivity index (χ3v) is 16.6. The van der Waals surface area contributed by atoms with Crippen LogP contribution in [0, 0.1) is 0 Å². The molecule has 2 heterocycles. The molecule has 0 aromatic heterocycles. The van der Waals surface area contributed by atoms with Gasteiger partial charge < -0.3 is 17.7 Å². The minimum absolute atomic E-state index is 0.104. The van der Waals surface area contributed by atoms with Crippen molar-refractivity contribution >= 4 is 17.1 Å². The Morgan fingerprint density at radius 2 is 1.44 bits per heavy atom. The number of hydrogen-bond acceptors (Lipinski definition) is 4. The monoisotopic (exact) mass is 414 g/mol. The van der Waals surface area contributed by atoms with E-state index in [1.807, 2.05) is 6.08 Å². The van der Waals surface area contributed by atoms with Crippen molar-refractivity contribution in [3.63, 3.8) is 0 Å². The summed E-state index contributed by atoms with van der Waals surface area (Å²) in [5.41, 5.74) is 1.50. The van der Waals surface area contributed by atoms with E-state index in [-0.39, 0.29) is 18.3 Å². The molecule has 2 aliphatic heterocycles. The van der Waals surface area contributed by atoms with E-state index < -0.39 is 17.1 Å². The van der Waals surface area contributed by atoms with Gasteiger partial charge in [0.1, 0.15) is 0 Å². The smallest absolute Gasteiger partial charge is 0.335 e. The van der Waals surface area contributed by atoms with Crippen molar-refractivity contribution in [2.75, 3.05) is 6.61 Å². The summed E-state index contributed by atoms with van der Waals surface area (Å²) < 4.78 is 27.4. The van der Waals surface area contributed by atoms with E-state index in [1.54, 1.807) is 0 Å². The van der Waals surface area contributed by atoms with Crippen LogP contribution in [0.25, 0.3) is 0 Å². The van der Waals surface area contributed by atoms with Gasteiger partial charge in [-0.1, -0.05) is 61.5 Å². The summed E-state index contributed by atoms with van der Waals surface area (Å²) in [6.45, 7) is 22.7. The first-order valence-corrected chi connectivity index (χ1v) is 14.8. The molecule has 0 aliphatic carbocycles. The Morgan fingerprint density at radius 1 is 0.889 bits per heavy atom. The van der Waals surface area contributed by atoms with E-state index in [9.17, 15) is 0 Å². The molecule has 0 amide bonds. The first kappa shape index (κ1) is 23.3. The molecule has 2 fully saturated rings. The van der Waals surface area contributed by atoms with Crippen LogP contribution in [-0.2, 0) is 17.7 Å². The first-order chi connectivity index (χ1) is 12.6. The highest BCUT2D eigenvalue weighted by Crippen LogP contribution is 2.47. The Morgan fingerprint density at radius 3 is 1.93 bits per heavy atom. The third-order valence-electron chi connectivity index (χ3n) is 6.31. The molecule has 27 heavy (non-hydrogen) atoms. The molecular formula is C21H42O4Si2. The molecule has 0 spiro atoms. The molecule has 3 atom stereocenters. The largest absolute Gasteiger partial charge is 0.414 e. The molecule has 0 radical (unpaired) electrons. The number of hydrogen-bond donors (Lipinski definition) is 0. The summed E-state index contributed by atoms with van der Waals surface area (Å²) in [5, 5.41) is 0. The van der Waals surface area contributed by atoms with Crippen LogP contribution in [0.3, 0.4) is 0 Å².